The minimum atomic E-state index is -3.73. The maximum absolute atomic E-state index is 13.1. The van der Waals surface area contributed by atoms with Crippen LogP contribution in [0.25, 0.3) is 0 Å². The van der Waals surface area contributed by atoms with Crippen molar-refractivity contribution in [3.63, 3.8) is 0 Å². The Morgan fingerprint density at radius 3 is 1.74 bits per heavy atom. The summed E-state index contributed by atoms with van der Waals surface area (Å²) in [7, 11) is -2.19. The van der Waals surface area contributed by atoms with E-state index in [1.54, 1.807) is 48.5 Å². The maximum atomic E-state index is 13.1. The van der Waals surface area contributed by atoms with E-state index in [1.807, 2.05) is 36.4 Å². The fourth-order valence-corrected chi connectivity index (χ4v) is 4.53. The summed E-state index contributed by atoms with van der Waals surface area (Å²) in [5.41, 5.74) is 2.41. The third-order valence-electron chi connectivity index (χ3n) is 5.05. The van der Waals surface area contributed by atoms with Crippen molar-refractivity contribution in [2.24, 2.45) is 4.99 Å². The van der Waals surface area contributed by atoms with Crippen LogP contribution in [-0.4, -0.2) is 27.3 Å². The third kappa shape index (κ3) is 5.22. The van der Waals surface area contributed by atoms with Gasteiger partial charge in [0.25, 0.3) is 5.91 Å². The van der Waals surface area contributed by atoms with Crippen molar-refractivity contribution in [3.8, 4) is 0 Å². The highest BCUT2D eigenvalue weighted by Gasteiger charge is 2.18. The lowest BCUT2D eigenvalue weighted by Gasteiger charge is -2.09. The minimum Gasteiger partial charge on any atom is -0.481 e. The highest BCUT2D eigenvalue weighted by Crippen LogP contribution is 2.25. The van der Waals surface area contributed by atoms with Gasteiger partial charge in [-0.15, -0.1) is 0 Å². The van der Waals surface area contributed by atoms with Gasteiger partial charge in [-0.1, -0.05) is 36.4 Å². The molecule has 6 nitrogen and oxygen atoms in total. The first-order valence-electron chi connectivity index (χ1n) is 10.5. The number of benzene rings is 4. The molecule has 4 rings (SSSR count). The quantitative estimate of drug-likeness (QED) is 0.298. The van der Waals surface area contributed by atoms with E-state index >= 15 is 0 Å². The van der Waals surface area contributed by atoms with Gasteiger partial charge in [-0.05, 0) is 72.8 Å². The molecule has 1 amide bonds. The molecule has 0 aliphatic heterocycles. The maximum Gasteiger partial charge on any atom is 0.255 e. The Morgan fingerprint density at radius 2 is 1.21 bits per heavy atom. The van der Waals surface area contributed by atoms with Crippen LogP contribution in [0.4, 0.5) is 11.4 Å². The Bertz CT molecular complexity index is 1400. The van der Waals surface area contributed by atoms with Crippen LogP contribution in [0.15, 0.2) is 124 Å². The van der Waals surface area contributed by atoms with E-state index in [2.05, 4.69) is 10.3 Å². The van der Waals surface area contributed by atoms with Gasteiger partial charge in [0.2, 0.25) is 15.7 Å². The van der Waals surface area contributed by atoms with Crippen molar-refractivity contribution in [3.05, 3.63) is 120 Å². The summed E-state index contributed by atoms with van der Waals surface area (Å²) in [6, 6.07) is 30.6. The highest BCUT2D eigenvalue weighted by molar-refractivity contribution is 7.91. The van der Waals surface area contributed by atoms with E-state index in [-0.39, 0.29) is 15.7 Å². The number of ether oxygens (including phenoxy) is 1. The van der Waals surface area contributed by atoms with Crippen molar-refractivity contribution in [2.75, 3.05) is 12.4 Å². The van der Waals surface area contributed by atoms with Crippen molar-refractivity contribution in [1.82, 2.24) is 0 Å². The van der Waals surface area contributed by atoms with Crippen LogP contribution >= 0.6 is 0 Å². The predicted molar refractivity (Wildman–Crippen MR) is 132 cm³/mol. The fourth-order valence-electron chi connectivity index (χ4n) is 3.27. The predicted octanol–water partition coefficient (Wildman–Crippen LogP) is 5.50. The van der Waals surface area contributed by atoms with Gasteiger partial charge in [-0.3, -0.25) is 4.79 Å². The summed E-state index contributed by atoms with van der Waals surface area (Å²) in [4.78, 5) is 17.0. The smallest absolute Gasteiger partial charge is 0.255 e. The Balaban J connectivity index is 1.51. The zero-order valence-electron chi connectivity index (χ0n) is 18.4. The molecule has 0 unspecified atom stereocenters. The first kappa shape index (κ1) is 22.9. The average Bonchev–Trinajstić information content (AvgIpc) is 2.89. The molecule has 0 spiro atoms. The van der Waals surface area contributed by atoms with Gasteiger partial charge in [0.05, 0.1) is 22.6 Å². The lowest BCUT2D eigenvalue weighted by molar-refractivity contribution is 0.102. The fraction of sp³-hybridized carbons (Fsp3) is 0.0370. The van der Waals surface area contributed by atoms with Crippen LogP contribution in [0.1, 0.15) is 15.9 Å². The minimum absolute atomic E-state index is 0.128. The molecule has 0 saturated heterocycles. The number of hydrogen-bond donors (Lipinski definition) is 1. The number of rotatable bonds is 6. The summed E-state index contributed by atoms with van der Waals surface area (Å²) in [5.74, 6) is 0.169. The SMILES string of the molecule is COC(=Nc1ccc(S(=O)(=O)c2ccc(NC(=O)c3ccccc3)cc2)cc1)c1ccccc1. The number of nitrogens with one attached hydrogen (secondary N) is 1. The molecule has 0 atom stereocenters. The van der Waals surface area contributed by atoms with Crippen molar-refractivity contribution in [1.29, 1.82) is 0 Å². The molecule has 0 radical (unpaired) electrons. The molecule has 34 heavy (non-hydrogen) atoms. The number of carbonyl (C=O) groups excluding carboxylic acids is 1. The van der Waals surface area contributed by atoms with E-state index in [0.717, 1.165) is 5.56 Å². The zero-order valence-corrected chi connectivity index (χ0v) is 19.2. The summed E-state index contributed by atoms with van der Waals surface area (Å²) in [6.45, 7) is 0. The van der Waals surface area contributed by atoms with Crippen LogP contribution in [0.5, 0.6) is 0 Å². The Labute approximate surface area is 198 Å². The van der Waals surface area contributed by atoms with E-state index in [9.17, 15) is 13.2 Å². The van der Waals surface area contributed by atoms with Gasteiger partial charge >= 0.3 is 0 Å². The van der Waals surface area contributed by atoms with Crippen molar-refractivity contribution >= 4 is 33.0 Å². The molecule has 7 heteroatoms. The molecule has 0 aliphatic rings. The number of amides is 1. The number of sulfone groups is 1. The van der Waals surface area contributed by atoms with Gasteiger partial charge in [-0.2, -0.15) is 0 Å². The van der Waals surface area contributed by atoms with Crippen LogP contribution < -0.4 is 5.32 Å². The van der Waals surface area contributed by atoms with E-state index in [4.69, 9.17) is 4.74 Å². The van der Waals surface area contributed by atoms with Gasteiger partial charge in [0.1, 0.15) is 0 Å². The molecule has 4 aromatic carbocycles. The Kier molecular flexibility index (Phi) is 6.85. The van der Waals surface area contributed by atoms with Crippen LogP contribution in [0.3, 0.4) is 0 Å². The second-order valence-electron chi connectivity index (χ2n) is 7.33. The Morgan fingerprint density at radius 1 is 0.706 bits per heavy atom. The molecular weight excluding hydrogens is 448 g/mol. The zero-order chi connectivity index (χ0) is 24.0. The first-order valence-corrected chi connectivity index (χ1v) is 12.0. The molecular formula is C27H22N2O4S. The number of anilines is 1. The second kappa shape index (κ2) is 10.1. The number of carbonyl (C=O) groups is 1. The summed E-state index contributed by atoms with van der Waals surface area (Å²) in [5, 5.41) is 2.76. The topological polar surface area (TPSA) is 84.8 Å². The monoisotopic (exact) mass is 470 g/mol. The molecule has 170 valence electrons. The molecule has 0 heterocycles. The largest absolute Gasteiger partial charge is 0.481 e. The number of nitrogens with zero attached hydrogens (tertiary/aromatic N) is 1. The normalized spacial score (nSPS) is 11.6. The molecule has 0 aromatic heterocycles. The van der Waals surface area contributed by atoms with E-state index in [1.165, 1.54) is 31.4 Å². The molecule has 0 fully saturated rings. The average molecular weight is 471 g/mol. The highest BCUT2D eigenvalue weighted by atomic mass is 32.2. The van der Waals surface area contributed by atoms with Crippen LogP contribution in [0.2, 0.25) is 0 Å². The lowest BCUT2D eigenvalue weighted by atomic mass is 10.2. The molecule has 0 bridgehead atoms. The molecule has 1 N–H and O–H groups in total. The number of hydrogen-bond acceptors (Lipinski definition) is 5. The lowest BCUT2D eigenvalue weighted by Crippen LogP contribution is -2.11. The van der Waals surface area contributed by atoms with Gasteiger partial charge in [0.15, 0.2) is 0 Å². The summed E-state index contributed by atoms with van der Waals surface area (Å²) >= 11 is 0. The standard InChI is InChI=1S/C27H22N2O4S/c1-33-27(21-10-6-3-7-11-21)29-23-14-18-25(19-15-23)34(31,32)24-16-12-22(13-17-24)28-26(30)20-8-4-2-5-9-20/h2-19H,1H3,(H,28,30). The van der Waals surface area contributed by atoms with Crippen LogP contribution in [0, 0.1) is 0 Å². The van der Waals surface area contributed by atoms with Gasteiger partial charge in [0, 0.05) is 16.8 Å². The number of methoxy groups -OCH3 is 1. The molecule has 0 saturated carbocycles. The first-order chi connectivity index (χ1) is 16.5. The van der Waals surface area contributed by atoms with Crippen molar-refractivity contribution < 1.29 is 17.9 Å². The summed E-state index contributed by atoms with van der Waals surface area (Å²) < 4.78 is 31.5. The molecule has 4 aromatic rings. The second-order valence-corrected chi connectivity index (χ2v) is 9.28. The third-order valence-corrected chi connectivity index (χ3v) is 6.84. The summed E-state index contributed by atoms with van der Waals surface area (Å²) in [6.07, 6.45) is 0. The van der Waals surface area contributed by atoms with Gasteiger partial charge < -0.3 is 10.1 Å². The van der Waals surface area contributed by atoms with E-state index in [0.29, 0.717) is 22.8 Å². The van der Waals surface area contributed by atoms with Gasteiger partial charge in [-0.25, -0.2) is 13.4 Å². The molecule has 0 aliphatic carbocycles. The number of aliphatic imine (C=N–C) groups is 1. The van der Waals surface area contributed by atoms with Crippen LogP contribution in [-0.2, 0) is 14.6 Å². The van der Waals surface area contributed by atoms with Crippen molar-refractivity contribution in [2.45, 2.75) is 9.79 Å². The Hall–Kier alpha value is -4.23. The van der Waals surface area contributed by atoms with E-state index < -0.39 is 9.84 Å².